The van der Waals surface area contributed by atoms with Gasteiger partial charge in [-0.3, -0.25) is 0 Å². The summed E-state index contributed by atoms with van der Waals surface area (Å²) < 4.78 is 19.9. The Hall–Kier alpha value is -5.28. The maximum atomic E-state index is 13.7. The highest BCUT2D eigenvalue weighted by Crippen LogP contribution is 2.51. The molecular formula is C48H48O7. The second-order valence-corrected chi connectivity index (χ2v) is 14.7. The smallest absolute Gasteiger partial charge is 0.232 e. The first-order valence-corrected chi connectivity index (χ1v) is 18.8. The van der Waals surface area contributed by atoms with Crippen molar-refractivity contribution in [3.8, 4) is 11.5 Å². The molecule has 55 heavy (non-hydrogen) atoms. The Bertz CT molecular complexity index is 2100. The lowest BCUT2D eigenvalue weighted by molar-refractivity contribution is -0.395. The fourth-order valence-electron chi connectivity index (χ4n) is 7.83. The van der Waals surface area contributed by atoms with E-state index >= 15 is 0 Å². The van der Waals surface area contributed by atoms with Crippen molar-refractivity contribution in [1.29, 1.82) is 0 Å². The number of ether oxygens (including phenoxy) is 3. The first kappa shape index (κ1) is 38.0. The maximum Gasteiger partial charge on any atom is 0.232 e. The minimum atomic E-state index is -2.38. The van der Waals surface area contributed by atoms with Gasteiger partial charge in [0.05, 0.1) is 6.10 Å². The molecule has 6 aromatic rings. The zero-order chi connectivity index (χ0) is 38.3. The zero-order valence-electron chi connectivity index (χ0n) is 30.9. The lowest BCUT2D eigenvalue weighted by Crippen LogP contribution is -2.83. The van der Waals surface area contributed by atoms with Crippen molar-refractivity contribution >= 4 is 0 Å². The summed E-state index contributed by atoms with van der Waals surface area (Å²) in [4.78, 5) is 0. The van der Waals surface area contributed by atoms with Crippen LogP contribution in [0.4, 0.5) is 0 Å². The molecule has 1 heterocycles. The van der Waals surface area contributed by atoms with Gasteiger partial charge in [-0.1, -0.05) is 158 Å². The molecule has 0 aromatic heterocycles. The Morgan fingerprint density at radius 1 is 0.545 bits per heavy atom. The lowest BCUT2D eigenvalue weighted by Gasteiger charge is -2.61. The van der Waals surface area contributed by atoms with Gasteiger partial charge in [0.15, 0.2) is 17.1 Å². The molecule has 7 rings (SSSR count). The molecule has 1 aliphatic rings. The van der Waals surface area contributed by atoms with Gasteiger partial charge in [0, 0.05) is 25.7 Å². The van der Waals surface area contributed by atoms with Gasteiger partial charge in [0.1, 0.15) is 23.9 Å². The van der Waals surface area contributed by atoms with E-state index in [4.69, 9.17) is 14.2 Å². The molecule has 0 radical (unpaired) electrons. The van der Waals surface area contributed by atoms with Crippen LogP contribution >= 0.6 is 0 Å². The van der Waals surface area contributed by atoms with E-state index in [0.717, 1.165) is 16.7 Å². The molecule has 0 saturated carbocycles. The number of benzene rings is 6. The largest absolute Gasteiger partial charge is 0.485 e. The summed E-state index contributed by atoms with van der Waals surface area (Å²) in [6.45, 7) is 2.18. The van der Waals surface area contributed by atoms with E-state index in [-0.39, 0.29) is 38.0 Å². The molecular weight excluding hydrogens is 689 g/mol. The van der Waals surface area contributed by atoms with Crippen LogP contribution in [0.25, 0.3) is 0 Å². The first-order valence-electron chi connectivity index (χ1n) is 18.8. The highest BCUT2D eigenvalue weighted by Gasteiger charge is 2.73. The van der Waals surface area contributed by atoms with E-state index in [1.165, 1.54) is 0 Å². The second-order valence-electron chi connectivity index (χ2n) is 14.7. The molecule has 0 amide bonds. The second kappa shape index (κ2) is 16.6. The molecule has 0 aliphatic carbocycles. The van der Waals surface area contributed by atoms with E-state index in [9.17, 15) is 20.4 Å². The third-order valence-electron chi connectivity index (χ3n) is 10.7. The summed E-state index contributed by atoms with van der Waals surface area (Å²) >= 11 is 0. The van der Waals surface area contributed by atoms with Gasteiger partial charge < -0.3 is 34.6 Å². The summed E-state index contributed by atoms with van der Waals surface area (Å²) in [7, 11) is 0. The quantitative estimate of drug-likeness (QED) is 0.0937. The molecule has 0 bridgehead atoms. The number of hydrogen-bond acceptors (Lipinski definition) is 7. The fourth-order valence-corrected chi connectivity index (χ4v) is 7.83. The van der Waals surface area contributed by atoms with Crippen LogP contribution in [-0.4, -0.2) is 55.7 Å². The number of hydrogen-bond donors (Lipinski definition) is 4. The molecule has 1 unspecified atom stereocenters. The first-order chi connectivity index (χ1) is 26.7. The van der Waals surface area contributed by atoms with Crippen molar-refractivity contribution in [2.75, 3.05) is 0 Å². The average Bonchev–Trinajstić information content (AvgIpc) is 3.20. The predicted molar refractivity (Wildman–Crippen MR) is 213 cm³/mol. The third kappa shape index (κ3) is 8.22. The minimum absolute atomic E-state index is 0.101. The Labute approximate surface area is 323 Å². The van der Waals surface area contributed by atoms with Crippen LogP contribution < -0.4 is 9.47 Å². The molecule has 1 fully saturated rings. The highest BCUT2D eigenvalue weighted by molar-refractivity contribution is 5.44. The van der Waals surface area contributed by atoms with Crippen LogP contribution in [0, 0.1) is 6.92 Å². The van der Waals surface area contributed by atoms with Gasteiger partial charge >= 0.3 is 0 Å². The summed E-state index contributed by atoms with van der Waals surface area (Å²) in [5.74, 6) is 0.678. The van der Waals surface area contributed by atoms with Crippen LogP contribution in [0.15, 0.2) is 170 Å². The van der Waals surface area contributed by atoms with Gasteiger partial charge in [-0.25, -0.2) is 0 Å². The lowest BCUT2D eigenvalue weighted by atomic mass is 9.59. The van der Waals surface area contributed by atoms with Gasteiger partial charge in [-0.05, 0) is 52.4 Å². The Kier molecular flexibility index (Phi) is 11.5. The van der Waals surface area contributed by atoms with Gasteiger partial charge in [0.2, 0.25) is 6.29 Å². The van der Waals surface area contributed by atoms with Crippen LogP contribution in [0.2, 0.25) is 0 Å². The molecule has 1 saturated heterocycles. The molecule has 4 N–H and O–H groups in total. The summed E-state index contributed by atoms with van der Waals surface area (Å²) in [5.41, 5.74) is -2.28. The molecule has 1 aliphatic heterocycles. The minimum Gasteiger partial charge on any atom is -0.485 e. The number of aryl methyl sites for hydroxylation is 1. The van der Waals surface area contributed by atoms with Crippen molar-refractivity contribution in [1.82, 2.24) is 0 Å². The van der Waals surface area contributed by atoms with E-state index in [1.807, 2.05) is 165 Å². The molecule has 7 nitrogen and oxygen atoms in total. The third-order valence-corrected chi connectivity index (χ3v) is 10.7. The monoisotopic (exact) mass is 736 g/mol. The topological polar surface area (TPSA) is 109 Å². The van der Waals surface area contributed by atoms with Gasteiger partial charge in [0.25, 0.3) is 0 Å². The van der Waals surface area contributed by atoms with Crippen LogP contribution in [-0.2, 0) is 37.0 Å². The zero-order valence-corrected chi connectivity index (χ0v) is 30.9. The summed E-state index contributed by atoms with van der Waals surface area (Å²) in [5, 5.41) is 52.9. The van der Waals surface area contributed by atoms with Crippen molar-refractivity contribution in [2.24, 2.45) is 0 Å². The van der Waals surface area contributed by atoms with Crippen LogP contribution in [0.3, 0.4) is 0 Å². The molecule has 6 aromatic carbocycles. The van der Waals surface area contributed by atoms with Crippen molar-refractivity contribution < 1.29 is 34.6 Å². The average molecular weight is 737 g/mol. The number of aliphatic hydroxyl groups excluding tert-OH is 1. The normalized spacial score (nSPS) is 24.2. The van der Waals surface area contributed by atoms with Crippen molar-refractivity contribution in [2.45, 2.75) is 74.5 Å². The standard InChI is InChI=1S/C48H48O7/c1-35-27-28-42(53-34-40-25-15-6-16-26-40)43(29-35)54-45-47(51,32-38-21-11-4-12-22-38)48(52,33-39-23-13-5-14-24-39)46(50,31-37-19-9-3-10-20-37)44(55-45)41(49)30-36-17-7-2-8-18-36/h2-29,41,44-45,49-52H,30-34H2,1H3/t41?,44-,45+,46-,47+,48+/m1/s1. The van der Waals surface area contributed by atoms with E-state index < -0.39 is 35.3 Å². The summed E-state index contributed by atoms with van der Waals surface area (Å²) in [6, 6.07) is 52.5. The summed E-state index contributed by atoms with van der Waals surface area (Å²) in [6.07, 6.45) is -4.78. The predicted octanol–water partition coefficient (Wildman–Crippen LogP) is 7.20. The molecule has 7 heteroatoms. The van der Waals surface area contributed by atoms with Gasteiger partial charge in [-0.2, -0.15) is 0 Å². The molecule has 6 atom stereocenters. The van der Waals surface area contributed by atoms with Gasteiger partial charge in [-0.15, -0.1) is 0 Å². The Morgan fingerprint density at radius 2 is 1.00 bits per heavy atom. The van der Waals surface area contributed by atoms with Crippen LogP contribution in [0.1, 0.15) is 33.4 Å². The van der Waals surface area contributed by atoms with E-state index in [0.29, 0.717) is 22.4 Å². The Balaban J connectivity index is 1.40. The Morgan fingerprint density at radius 3 is 1.53 bits per heavy atom. The number of aliphatic hydroxyl groups is 4. The molecule has 0 spiro atoms. The van der Waals surface area contributed by atoms with Crippen molar-refractivity contribution in [3.63, 3.8) is 0 Å². The van der Waals surface area contributed by atoms with E-state index in [2.05, 4.69) is 0 Å². The van der Waals surface area contributed by atoms with Crippen molar-refractivity contribution in [3.05, 3.63) is 203 Å². The molecule has 282 valence electrons. The van der Waals surface area contributed by atoms with E-state index in [1.54, 1.807) is 12.1 Å². The SMILES string of the molecule is Cc1ccc(OCc2ccccc2)c(O[C@H]2O[C@H](C(O)Cc3ccccc3)[C@](O)(Cc3ccccc3)[C@@](O)(Cc3ccccc3)[C@]2(O)Cc2ccccc2)c1. The fraction of sp³-hybridized carbons (Fsp3) is 0.250. The van der Waals surface area contributed by atoms with Crippen LogP contribution in [0.5, 0.6) is 11.5 Å². The highest BCUT2D eigenvalue weighted by atomic mass is 16.7. The maximum absolute atomic E-state index is 13.7. The number of rotatable bonds is 14.